The highest BCUT2D eigenvalue weighted by molar-refractivity contribution is 6.74. The first-order chi connectivity index (χ1) is 12.0. The van der Waals surface area contributed by atoms with Gasteiger partial charge in [-0.3, -0.25) is 4.79 Å². The monoisotopic (exact) mass is 380 g/mol. The first kappa shape index (κ1) is 20.2. The molecule has 4 atom stereocenters. The molecule has 1 N–H and O–H groups in total. The van der Waals surface area contributed by atoms with E-state index in [0.717, 1.165) is 38.7 Å². The molecule has 1 saturated heterocycles. The van der Waals surface area contributed by atoms with Crippen LogP contribution < -0.4 is 0 Å². The number of aliphatic hydroxyl groups excluding tert-OH is 1. The van der Waals surface area contributed by atoms with Crippen molar-refractivity contribution in [3.8, 4) is 0 Å². The predicted octanol–water partition coefficient (Wildman–Crippen LogP) is 4.38. The largest absolute Gasteiger partial charge is 0.417 e. The molecule has 0 radical (unpaired) electrons. The minimum Gasteiger partial charge on any atom is -0.417 e. The van der Waals surface area contributed by atoms with Crippen LogP contribution in [0, 0.1) is 5.92 Å². The highest BCUT2D eigenvalue weighted by atomic mass is 28.4. The number of carbonyl (C=O) groups excluding carboxylic acids is 1. The number of hydrogen-bond donors (Lipinski definition) is 1. The zero-order valence-electron chi connectivity index (χ0n) is 17.1. The van der Waals surface area contributed by atoms with Gasteiger partial charge >= 0.3 is 0 Å². The highest BCUT2D eigenvalue weighted by Gasteiger charge is 2.59. The lowest BCUT2D eigenvalue weighted by atomic mass is 9.69. The van der Waals surface area contributed by atoms with Crippen LogP contribution in [0.2, 0.25) is 18.1 Å². The zero-order chi connectivity index (χ0) is 19.2. The molecule has 2 aliphatic heterocycles. The van der Waals surface area contributed by atoms with Crippen molar-refractivity contribution in [1.29, 1.82) is 0 Å². The van der Waals surface area contributed by atoms with Crippen molar-refractivity contribution in [1.82, 2.24) is 0 Å². The van der Waals surface area contributed by atoms with Crippen molar-refractivity contribution < 1.29 is 19.1 Å². The second kappa shape index (κ2) is 6.84. The molecule has 2 bridgehead atoms. The molecule has 2 heterocycles. The van der Waals surface area contributed by atoms with Gasteiger partial charge in [0.1, 0.15) is 5.78 Å². The van der Waals surface area contributed by atoms with Gasteiger partial charge in [0.15, 0.2) is 8.32 Å². The molecule has 1 aliphatic carbocycles. The van der Waals surface area contributed by atoms with E-state index in [0.29, 0.717) is 12.8 Å². The van der Waals surface area contributed by atoms with Gasteiger partial charge in [-0.25, -0.2) is 0 Å². The molecule has 4 nitrogen and oxygen atoms in total. The number of unbranched alkanes of at least 4 members (excludes halogenated alkanes) is 1. The van der Waals surface area contributed by atoms with Crippen LogP contribution in [0.25, 0.3) is 0 Å². The molecule has 0 aromatic carbocycles. The van der Waals surface area contributed by atoms with E-state index >= 15 is 0 Å². The van der Waals surface area contributed by atoms with Crippen LogP contribution in [-0.2, 0) is 14.0 Å². The summed E-state index contributed by atoms with van der Waals surface area (Å²) >= 11 is 0. The van der Waals surface area contributed by atoms with Gasteiger partial charge in [-0.2, -0.15) is 0 Å². The third-order valence-electron chi connectivity index (χ3n) is 7.12. The zero-order valence-corrected chi connectivity index (χ0v) is 18.1. The van der Waals surface area contributed by atoms with Crippen molar-refractivity contribution in [2.75, 3.05) is 6.61 Å². The van der Waals surface area contributed by atoms with E-state index in [9.17, 15) is 9.90 Å². The Morgan fingerprint density at radius 1 is 1.31 bits per heavy atom. The molecule has 0 aromatic rings. The maximum atomic E-state index is 12.7. The van der Waals surface area contributed by atoms with E-state index in [-0.39, 0.29) is 16.7 Å². The van der Waals surface area contributed by atoms with Crippen LogP contribution in [0.3, 0.4) is 0 Å². The number of ether oxygens (including phenoxy) is 1. The van der Waals surface area contributed by atoms with Gasteiger partial charge in [0.05, 0.1) is 23.2 Å². The summed E-state index contributed by atoms with van der Waals surface area (Å²) in [6.07, 6.45) is 9.43. The average Bonchev–Trinajstić information content (AvgIpc) is 2.78. The van der Waals surface area contributed by atoms with Crippen molar-refractivity contribution in [2.24, 2.45) is 5.92 Å². The smallest absolute Gasteiger partial charge is 0.191 e. The molecule has 1 saturated carbocycles. The predicted molar refractivity (Wildman–Crippen MR) is 106 cm³/mol. The lowest BCUT2D eigenvalue weighted by Crippen LogP contribution is -2.58. The number of aliphatic hydroxyl groups is 1. The summed E-state index contributed by atoms with van der Waals surface area (Å²) in [7, 11) is -1.68. The number of carbonyl (C=O) groups is 1. The summed E-state index contributed by atoms with van der Waals surface area (Å²) in [5, 5.41) is 10.6. The topological polar surface area (TPSA) is 55.8 Å². The van der Waals surface area contributed by atoms with Crippen LogP contribution >= 0.6 is 0 Å². The fourth-order valence-corrected chi connectivity index (χ4v) is 5.64. The summed E-state index contributed by atoms with van der Waals surface area (Å²) in [4.78, 5) is 12.7. The van der Waals surface area contributed by atoms with E-state index in [2.05, 4.69) is 46.0 Å². The highest BCUT2D eigenvalue weighted by Crippen LogP contribution is 2.52. The first-order valence-electron chi connectivity index (χ1n) is 10.3. The number of ketones is 1. The fraction of sp³-hybridized carbons (Fsp3) is 0.857. The van der Waals surface area contributed by atoms with Crippen LogP contribution in [0.15, 0.2) is 12.2 Å². The van der Waals surface area contributed by atoms with E-state index in [1.54, 1.807) is 0 Å². The van der Waals surface area contributed by atoms with Crippen molar-refractivity contribution in [3.05, 3.63) is 12.2 Å². The fourth-order valence-electron chi connectivity index (χ4n) is 4.56. The second-order valence-electron chi connectivity index (χ2n) is 10.1. The van der Waals surface area contributed by atoms with Gasteiger partial charge in [0.2, 0.25) is 0 Å². The van der Waals surface area contributed by atoms with Gasteiger partial charge in [0, 0.05) is 13.0 Å². The molecule has 5 heteroatoms. The Morgan fingerprint density at radius 2 is 2.04 bits per heavy atom. The van der Waals surface area contributed by atoms with Crippen molar-refractivity contribution in [2.45, 2.75) is 101 Å². The standard InChI is InChI=1S/C21H36O4Si/c1-19(2,3)26(4,5)24-14-7-6-10-20-12-13-21(25-20)11-8-9-16(22)18(21)17(23)15-20/h12-13,16,18,22H,6-11,14-15H2,1-5H3/t16-,18-,20+,21-/m1/s1. The Labute approximate surface area is 159 Å². The molecule has 3 rings (SSSR count). The summed E-state index contributed by atoms with van der Waals surface area (Å²) < 4.78 is 12.8. The van der Waals surface area contributed by atoms with Gasteiger partial charge in [0.25, 0.3) is 0 Å². The number of rotatable bonds is 6. The maximum absolute atomic E-state index is 12.7. The molecular weight excluding hydrogens is 344 g/mol. The quantitative estimate of drug-likeness (QED) is 0.422. The minimum atomic E-state index is -1.68. The normalized spacial score (nSPS) is 37.1. The third-order valence-corrected chi connectivity index (χ3v) is 11.7. The third kappa shape index (κ3) is 3.60. The van der Waals surface area contributed by atoms with Crippen LogP contribution in [0.5, 0.6) is 0 Å². The van der Waals surface area contributed by atoms with E-state index in [1.165, 1.54) is 0 Å². The minimum absolute atomic E-state index is 0.186. The van der Waals surface area contributed by atoms with Crippen molar-refractivity contribution >= 4 is 14.1 Å². The van der Waals surface area contributed by atoms with E-state index < -0.39 is 25.6 Å². The molecule has 148 valence electrons. The van der Waals surface area contributed by atoms with Gasteiger partial charge in [-0.05, 0) is 56.7 Å². The number of hydrogen-bond acceptors (Lipinski definition) is 4. The Kier molecular flexibility index (Phi) is 5.32. The Bertz CT molecular complexity index is 579. The Hall–Kier alpha value is -0.493. The number of Topliss-reactive ketones (excluding diaryl/α,β-unsaturated/α-hetero) is 1. The summed E-state index contributed by atoms with van der Waals surface area (Å²) in [6, 6.07) is 0. The van der Waals surface area contributed by atoms with Gasteiger partial charge in [-0.1, -0.05) is 32.9 Å². The SMILES string of the molecule is CC(C)(C)[Si](C)(C)OCCCC[C@]12C=C[C@@]3(CCC[C@@H](O)[C@@H]3C(=O)C1)O2. The Morgan fingerprint density at radius 3 is 2.73 bits per heavy atom. The van der Waals surface area contributed by atoms with Crippen LogP contribution in [-0.4, -0.2) is 43.1 Å². The lowest BCUT2D eigenvalue weighted by Gasteiger charge is -2.49. The molecule has 3 aliphatic rings. The molecule has 26 heavy (non-hydrogen) atoms. The van der Waals surface area contributed by atoms with Crippen LogP contribution in [0.4, 0.5) is 0 Å². The number of fused-ring (bicyclic) bond motifs is 1. The lowest BCUT2D eigenvalue weighted by molar-refractivity contribution is -0.196. The first-order valence-corrected chi connectivity index (χ1v) is 13.2. The molecule has 0 amide bonds. The van der Waals surface area contributed by atoms with Gasteiger partial charge < -0.3 is 14.3 Å². The van der Waals surface area contributed by atoms with Gasteiger partial charge in [-0.15, -0.1) is 0 Å². The summed E-state index contributed by atoms with van der Waals surface area (Å²) in [5.74, 6) is -0.170. The van der Waals surface area contributed by atoms with E-state index in [4.69, 9.17) is 9.16 Å². The molecule has 2 fully saturated rings. The molecule has 0 unspecified atom stereocenters. The summed E-state index contributed by atoms with van der Waals surface area (Å²) in [6.45, 7) is 12.1. The maximum Gasteiger partial charge on any atom is 0.191 e. The average molecular weight is 381 g/mol. The molecule has 1 spiro atoms. The second-order valence-corrected chi connectivity index (χ2v) is 14.9. The van der Waals surface area contributed by atoms with Crippen LogP contribution in [0.1, 0.15) is 65.7 Å². The van der Waals surface area contributed by atoms with E-state index in [1.807, 2.05) is 0 Å². The molecule has 0 aromatic heterocycles. The Balaban J connectivity index is 1.53. The summed E-state index contributed by atoms with van der Waals surface area (Å²) in [5.41, 5.74) is -0.980. The molecular formula is C21H36O4Si. The van der Waals surface area contributed by atoms with Crippen molar-refractivity contribution in [3.63, 3.8) is 0 Å².